The molecule has 0 atom stereocenters. The molecular formula is C11H7ClF3N. The van der Waals surface area contributed by atoms with Crippen molar-refractivity contribution in [3.8, 4) is 11.3 Å². The minimum atomic E-state index is -4.41. The first-order chi connectivity index (χ1) is 7.50. The summed E-state index contributed by atoms with van der Waals surface area (Å²) >= 11 is 5.81. The SMILES string of the molecule is FC(F)(F)c1cccc(Cl)c1-c1ccc[nH]1. The molecule has 0 saturated carbocycles. The number of H-pyrrole nitrogens is 1. The molecule has 0 bridgehead atoms. The van der Waals surface area contributed by atoms with Crippen molar-refractivity contribution < 1.29 is 13.2 Å². The van der Waals surface area contributed by atoms with E-state index in [1.54, 1.807) is 18.3 Å². The predicted octanol–water partition coefficient (Wildman–Crippen LogP) is 4.35. The Hall–Kier alpha value is -1.42. The van der Waals surface area contributed by atoms with Crippen LogP contribution in [0.25, 0.3) is 11.3 Å². The molecule has 0 spiro atoms. The number of aromatic amines is 1. The van der Waals surface area contributed by atoms with Crippen molar-refractivity contribution in [3.05, 3.63) is 47.1 Å². The molecule has 1 heterocycles. The van der Waals surface area contributed by atoms with Crippen LogP contribution in [0.1, 0.15) is 5.56 Å². The van der Waals surface area contributed by atoms with E-state index in [4.69, 9.17) is 11.6 Å². The second-order valence-electron chi connectivity index (χ2n) is 3.24. The lowest BCUT2D eigenvalue weighted by atomic mass is 10.0. The fourth-order valence-electron chi connectivity index (χ4n) is 1.52. The Kier molecular flexibility index (Phi) is 2.68. The van der Waals surface area contributed by atoms with E-state index in [0.29, 0.717) is 5.69 Å². The Bertz CT molecular complexity index is 488. The average molecular weight is 246 g/mol. The summed E-state index contributed by atoms with van der Waals surface area (Å²) in [5.74, 6) is 0. The quantitative estimate of drug-likeness (QED) is 0.769. The van der Waals surface area contributed by atoms with Gasteiger partial charge in [0.05, 0.1) is 10.6 Å². The van der Waals surface area contributed by atoms with Crippen molar-refractivity contribution in [2.75, 3.05) is 0 Å². The molecule has 16 heavy (non-hydrogen) atoms. The molecule has 1 aromatic carbocycles. The van der Waals surface area contributed by atoms with Crippen molar-refractivity contribution in [2.24, 2.45) is 0 Å². The average Bonchev–Trinajstić information content (AvgIpc) is 2.68. The molecule has 0 amide bonds. The Morgan fingerprint density at radius 1 is 1.06 bits per heavy atom. The monoisotopic (exact) mass is 245 g/mol. The predicted molar refractivity (Wildman–Crippen MR) is 56.2 cm³/mol. The van der Waals surface area contributed by atoms with Gasteiger partial charge in [0.15, 0.2) is 0 Å². The number of aromatic nitrogens is 1. The van der Waals surface area contributed by atoms with Crippen LogP contribution in [-0.4, -0.2) is 4.98 Å². The lowest BCUT2D eigenvalue weighted by Crippen LogP contribution is -2.07. The second kappa shape index (κ2) is 3.87. The van der Waals surface area contributed by atoms with Gasteiger partial charge in [0.25, 0.3) is 0 Å². The van der Waals surface area contributed by atoms with Gasteiger partial charge in [0, 0.05) is 17.5 Å². The van der Waals surface area contributed by atoms with Crippen LogP contribution in [-0.2, 0) is 6.18 Å². The van der Waals surface area contributed by atoms with Gasteiger partial charge in [-0.25, -0.2) is 0 Å². The van der Waals surface area contributed by atoms with E-state index >= 15 is 0 Å². The lowest BCUT2D eigenvalue weighted by Gasteiger charge is -2.13. The van der Waals surface area contributed by atoms with E-state index in [-0.39, 0.29) is 10.6 Å². The van der Waals surface area contributed by atoms with Gasteiger partial charge >= 0.3 is 6.18 Å². The number of hydrogen-bond donors (Lipinski definition) is 1. The van der Waals surface area contributed by atoms with Crippen molar-refractivity contribution in [3.63, 3.8) is 0 Å². The van der Waals surface area contributed by atoms with Crippen LogP contribution in [0.5, 0.6) is 0 Å². The Balaban J connectivity index is 2.68. The number of nitrogens with one attached hydrogen (secondary N) is 1. The molecule has 1 N–H and O–H groups in total. The molecule has 1 nitrogen and oxygen atoms in total. The first-order valence-electron chi connectivity index (χ1n) is 4.49. The third-order valence-electron chi connectivity index (χ3n) is 2.19. The summed E-state index contributed by atoms with van der Waals surface area (Å²) in [5.41, 5.74) is -0.387. The fraction of sp³-hybridized carbons (Fsp3) is 0.0909. The molecule has 0 unspecified atom stereocenters. The maximum absolute atomic E-state index is 12.7. The highest BCUT2D eigenvalue weighted by Gasteiger charge is 2.34. The molecule has 2 rings (SSSR count). The van der Waals surface area contributed by atoms with Crippen molar-refractivity contribution in [2.45, 2.75) is 6.18 Å². The minimum absolute atomic E-state index is 0.0123. The highest BCUT2D eigenvalue weighted by molar-refractivity contribution is 6.33. The molecule has 0 aliphatic heterocycles. The summed E-state index contributed by atoms with van der Waals surface area (Å²) in [6.07, 6.45) is -2.86. The fourth-order valence-corrected chi connectivity index (χ4v) is 1.80. The van der Waals surface area contributed by atoms with Crippen molar-refractivity contribution in [1.29, 1.82) is 0 Å². The molecule has 2 aromatic rings. The summed E-state index contributed by atoms with van der Waals surface area (Å²) in [4.78, 5) is 2.72. The zero-order valence-electron chi connectivity index (χ0n) is 7.98. The Morgan fingerprint density at radius 3 is 2.38 bits per heavy atom. The largest absolute Gasteiger partial charge is 0.417 e. The zero-order chi connectivity index (χ0) is 11.8. The Morgan fingerprint density at radius 2 is 1.81 bits per heavy atom. The highest BCUT2D eigenvalue weighted by Crippen LogP contribution is 2.39. The molecule has 5 heteroatoms. The molecule has 1 aromatic heterocycles. The number of halogens is 4. The smallest absolute Gasteiger partial charge is 0.361 e. The molecule has 84 valence electrons. The molecular weight excluding hydrogens is 239 g/mol. The standard InChI is InChI=1S/C11H7ClF3N/c12-8-4-1-3-7(11(13,14)15)10(8)9-5-2-6-16-9/h1-6,16H. The molecule has 0 fully saturated rings. The van der Waals surface area contributed by atoms with E-state index in [0.717, 1.165) is 6.07 Å². The van der Waals surface area contributed by atoms with Crippen LogP contribution in [0.15, 0.2) is 36.5 Å². The number of hydrogen-bond acceptors (Lipinski definition) is 0. The maximum atomic E-state index is 12.7. The number of alkyl halides is 3. The summed E-state index contributed by atoms with van der Waals surface area (Å²) in [6.45, 7) is 0. The van der Waals surface area contributed by atoms with E-state index in [9.17, 15) is 13.2 Å². The molecule has 0 saturated heterocycles. The van der Waals surface area contributed by atoms with E-state index in [1.807, 2.05) is 0 Å². The van der Waals surface area contributed by atoms with Crippen LogP contribution in [0.3, 0.4) is 0 Å². The van der Waals surface area contributed by atoms with E-state index < -0.39 is 11.7 Å². The summed E-state index contributed by atoms with van der Waals surface area (Å²) in [5, 5.41) is 0.0808. The molecule has 0 aliphatic rings. The van der Waals surface area contributed by atoms with Gasteiger partial charge in [-0.2, -0.15) is 13.2 Å². The zero-order valence-corrected chi connectivity index (χ0v) is 8.73. The van der Waals surface area contributed by atoms with E-state index in [2.05, 4.69) is 4.98 Å². The number of benzene rings is 1. The second-order valence-corrected chi connectivity index (χ2v) is 3.65. The third-order valence-corrected chi connectivity index (χ3v) is 2.50. The van der Waals surface area contributed by atoms with Gasteiger partial charge in [-0.15, -0.1) is 0 Å². The molecule has 0 radical (unpaired) electrons. The number of rotatable bonds is 1. The van der Waals surface area contributed by atoms with Gasteiger partial charge in [-0.1, -0.05) is 17.7 Å². The van der Waals surface area contributed by atoms with Crippen molar-refractivity contribution >= 4 is 11.6 Å². The van der Waals surface area contributed by atoms with Gasteiger partial charge < -0.3 is 4.98 Å². The van der Waals surface area contributed by atoms with Crippen LogP contribution in [0, 0.1) is 0 Å². The topological polar surface area (TPSA) is 15.8 Å². The van der Waals surface area contributed by atoms with Crippen LogP contribution >= 0.6 is 11.6 Å². The maximum Gasteiger partial charge on any atom is 0.417 e. The first-order valence-corrected chi connectivity index (χ1v) is 4.87. The van der Waals surface area contributed by atoms with Crippen LogP contribution < -0.4 is 0 Å². The molecule has 0 aliphatic carbocycles. The van der Waals surface area contributed by atoms with Gasteiger partial charge in [-0.3, -0.25) is 0 Å². The van der Waals surface area contributed by atoms with Gasteiger partial charge in [-0.05, 0) is 24.3 Å². The third kappa shape index (κ3) is 1.93. The van der Waals surface area contributed by atoms with Crippen LogP contribution in [0.4, 0.5) is 13.2 Å². The lowest BCUT2D eigenvalue weighted by molar-refractivity contribution is -0.137. The van der Waals surface area contributed by atoms with Gasteiger partial charge in [0.1, 0.15) is 0 Å². The van der Waals surface area contributed by atoms with Crippen molar-refractivity contribution in [1.82, 2.24) is 4.98 Å². The summed E-state index contributed by atoms with van der Waals surface area (Å²) < 4.78 is 38.2. The Labute approximate surface area is 94.9 Å². The minimum Gasteiger partial charge on any atom is -0.361 e. The summed E-state index contributed by atoms with van der Waals surface area (Å²) in [7, 11) is 0. The van der Waals surface area contributed by atoms with Gasteiger partial charge in [0.2, 0.25) is 0 Å². The van der Waals surface area contributed by atoms with Crippen LogP contribution in [0.2, 0.25) is 5.02 Å². The normalized spacial score (nSPS) is 11.8. The summed E-state index contributed by atoms with van der Waals surface area (Å²) in [6, 6.07) is 6.92. The first kappa shape index (κ1) is 11.1. The van der Waals surface area contributed by atoms with E-state index in [1.165, 1.54) is 12.1 Å². The highest BCUT2D eigenvalue weighted by atomic mass is 35.5.